The van der Waals surface area contributed by atoms with Crippen molar-refractivity contribution in [1.29, 1.82) is 0 Å². The second-order valence-electron chi connectivity index (χ2n) is 9.44. The van der Waals surface area contributed by atoms with Crippen LogP contribution in [-0.4, -0.2) is 58.8 Å². The molecule has 1 unspecified atom stereocenters. The van der Waals surface area contributed by atoms with Crippen molar-refractivity contribution in [3.05, 3.63) is 78.5 Å². The molecule has 0 amide bonds. The molecule has 0 aliphatic carbocycles. The van der Waals surface area contributed by atoms with Gasteiger partial charge in [0.15, 0.2) is 27.8 Å². The molecule has 2 heterocycles. The van der Waals surface area contributed by atoms with Gasteiger partial charge in [-0.15, -0.1) is 0 Å². The number of carbonyl (C=O) groups is 1. The van der Waals surface area contributed by atoms with E-state index in [0.717, 1.165) is 18.4 Å². The number of nitrogens with zero attached hydrogens (tertiary/aromatic N) is 2. The van der Waals surface area contributed by atoms with Crippen LogP contribution < -0.4 is 33.8 Å². The van der Waals surface area contributed by atoms with Crippen LogP contribution in [0.4, 0.5) is 0 Å². The molecule has 1 atom stereocenters. The van der Waals surface area contributed by atoms with Gasteiger partial charge in [0.2, 0.25) is 0 Å². The Hall–Kier alpha value is -4.09. The quantitative estimate of drug-likeness (QED) is 0.218. The molecule has 224 valence electrons. The predicted octanol–water partition coefficient (Wildman–Crippen LogP) is 3.63. The number of fused-ring (bicyclic) bond motifs is 1. The maximum atomic E-state index is 14.0. The SMILES string of the molecule is CCCCOc1ccc(C2C(C(=O)OCCOC)=C(C)N=c3s/c(=C\c4ccc(OC)c(OC)c4)c(=O)n32)cc1OC. The van der Waals surface area contributed by atoms with Crippen molar-refractivity contribution >= 4 is 23.4 Å². The summed E-state index contributed by atoms with van der Waals surface area (Å²) in [7, 11) is 6.21. The molecule has 0 N–H and O–H groups in total. The summed E-state index contributed by atoms with van der Waals surface area (Å²) in [5, 5.41) is 0. The second-order valence-corrected chi connectivity index (χ2v) is 10.4. The minimum absolute atomic E-state index is 0.0656. The van der Waals surface area contributed by atoms with E-state index in [0.29, 0.717) is 50.2 Å². The Labute approximate surface area is 248 Å². The van der Waals surface area contributed by atoms with Gasteiger partial charge >= 0.3 is 5.97 Å². The summed E-state index contributed by atoms with van der Waals surface area (Å²) in [5.41, 5.74) is 1.83. The number of aromatic nitrogens is 1. The number of allylic oxidation sites excluding steroid dienone is 1. The summed E-state index contributed by atoms with van der Waals surface area (Å²) in [6, 6.07) is 10.0. The highest BCUT2D eigenvalue weighted by molar-refractivity contribution is 7.07. The highest BCUT2D eigenvalue weighted by Gasteiger charge is 2.34. The van der Waals surface area contributed by atoms with Gasteiger partial charge in [0, 0.05) is 7.11 Å². The molecule has 1 aromatic heterocycles. The maximum absolute atomic E-state index is 14.0. The summed E-state index contributed by atoms with van der Waals surface area (Å²) < 4.78 is 34.9. The number of ether oxygens (including phenoxy) is 6. The van der Waals surface area contributed by atoms with Crippen LogP contribution in [-0.2, 0) is 14.3 Å². The van der Waals surface area contributed by atoms with Crippen molar-refractivity contribution in [2.24, 2.45) is 4.99 Å². The third-order valence-corrected chi connectivity index (χ3v) is 7.71. The van der Waals surface area contributed by atoms with Crippen LogP contribution in [0.5, 0.6) is 23.0 Å². The van der Waals surface area contributed by atoms with E-state index in [-0.39, 0.29) is 24.3 Å². The molecule has 0 saturated carbocycles. The molecule has 0 bridgehead atoms. The minimum Gasteiger partial charge on any atom is -0.493 e. The molecular weight excluding hydrogens is 560 g/mol. The fraction of sp³-hybridized carbons (Fsp3) is 0.387. The van der Waals surface area contributed by atoms with E-state index >= 15 is 0 Å². The first-order valence-electron chi connectivity index (χ1n) is 13.6. The number of hydrogen-bond donors (Lipinski definition) is 0. The first kappa shape index (κ1) is 30.9. The zero-order chi connectivity index (χ0) is 30.2. The average Bonchev–Trinajstić information content (AvgIpc) is 3.30. The summed E-state index contributed by atoms with van der Waals surface area (Å²) in [6.07, 6.45) is 3.67. The molecule has 1 aliphatic rings. The Morgan fingerprint density at radius 1 is 0.952 bits per heavy atom. The van der Waals surface area contributed by atoms with Gasteiger partial charge in [-0.1, -0.05) is 36.8 Å². The van der Waals surface area contributed by atoms with Crippen LogP contribution in [0.1, 0.15) is 43.9 Å². The number of carbonyl (C=O) groups excluding carboxylic acids is 1. The fourth-order valence-electron chi connectivity index (χ4n) is 4.59. The lowest BCUT2D eigenvalue weighted by Gasteiger charge is -2.25. The highest BCUT2D eigenvalue weighted by atomic mass is 32.1. The number of rotatable bonds is 13. The Morgan fingerprint density at radius 2 is 1.67 bits per heavy atom. The normalized spacial score (nSPS) is 14.7. The molecule has 11 heteroatoms. The molecule has 0 radical (unpaired) electrons. The maximum Gasteiger partial charge on any atom is 0.338 e. The molecule has 1 aliphatic heterocycles. The molecule has 4 rings (SSSR count). The van der Waals surface area contributed by atoms with Crippen LogP contribution in [0.2, 0.25) is 0 Å². The zero-order valence-corrected chi connectivity index (χ0v) is 25.5. The standard InChI is InChI=1S/C31H36N2O8S/c1-7-8-13-40-23-12-10-21(18-25(23)39-6)28-27(30(35)41-15-14-36-3)19(2)32-31-33(28)29(34)26(42-31)17-20-9-11-22(37-4)24(16-20)38-5/h9-12,16-18,28H,7-8,13-15H2,1-6H3/b26-17-. The Bertz CT molecular complexity index is 1640. The number of esters is 1. The third-order valence-electron chi connectivity index (χ3n) is 6.73. The summed E-state index contributed by atoms with van der Waals surface area (Å²) in [6.45, 7) is 4.69. The second kappa shape index (κ2) is 14.2. The number of hydrogen-bond acceptors (Lipinski definition) is 10. The minimum atomic E-state index is -0.803. The lowest BCUT2D eigenvalue weighted by atomic mass is 9.95. The molecule has 0 fully saturated rings. The third kappa shape index (κ3) is 6.52. The zero-order valence-electron chi connectivity index (χ0n) is 24.7. The smallest absolute Gasteiger partial charge is 0.338 e. The van der Waals surface area contributed by atoms with Gasteiger partial charge in [0.05, 0.1) is 56.4 Å². The van der Waals surface area contributed by atoms with Crippen LogP contribution in [0.3, 0.4) is 0 Å². The molecule has 0 spiro atoms. The van der Waals surface area contributed by atoms with Gasteiger partial charge in [0.1, 0.15) is 6.61 Å². The average molecular weight is 597 g/mol. The van der Waals surface area contributed by atoms with Crippen LogP contribution in [0.25, 0.3) is 6.08 Å². The molecule has 2 aromatic carbocycles. The van der Waals surface area contributed by atoms with Crippen molar-refractivity contribution in [2.45, 2.75) is 32.7 Å². The van der Waals surface area contributed by atoms with Gasteiger partial charge in [0.25, 0.3) is 5.56 Å². The van der Waals surface area contributed by atoms with E-state index in [4.69, 9.17) is 28.4 Å². The van der Waals surface area contributed by atoms with Crippen molar-refractivity contribution < 1.29 is 33.2 Å². The number of benzene rings is 2. The molecule has 3 aromatic rings. The molecule has 42 heavy (non-hydrogen) atoms. The Kier molecular flexibility index (Phi) is 10.4. The van der Waals surface area contributed by atoms with E-state index < -0.39 is 12.0 Å². The number of unbranched alkanes of at least 4 members (excludes halogenated alkanes) is 1. The predicted molar refractivity (Wildman–Crippen MR) is 160 cm³/mol. The Balaban J connectivity index is 1.87. The summed E-state index contributed by atoms with van der Waals surface area (Å²) >= 11 is 1.24. The van der Waals surface area contributed by atoms with E-state index in [9.17, 15) is 9.59 Å². The summed E-state index contributed by atoms with van der Waals surface area (Å²) in [4.78, 5) is 32.5. The monoisotopic (exact) mass is 596 g/mol. The van der Waals surface area contributed by atoms with Crippen molar-refractivity contribution in [2.75, 3.05) is 48.3 Å². The topological polar surface area (TPSA) is 107 Å². The Morgan fingerprint density at radius 3 is 2.36 bits per heavy atom. The largest absolute Gasteiger partial charge is 0.493 e. The van der Waals surface area contributed by atoms with Crippen LogP contribution >= 0.6 is 11.3 Å². The van der Waals surface area contributed by atoms with Gasteiger partial charge in [-0.05, 0) is 54.8 Å². The number of thiazole rings is 1. The van der Waals surface area contributed by atoms with Crippen molar-refractivity contribution in [3.63, 3.8) is 0 Å². The van der Waals surface area contributed by atoms with Crippen molar-refractivity contribution in [3.8, 4) is 23.0 Å². The molecule has 10 nitrogen and oxygen atoms in total. The van der Waals surface area contributed by atoms with Crippen molar-refractivity contribution in [1.82, 2.24) is 4.57 Å². The molecule has 0 saturated heterocycles. The summed E-state index contributed by atoms with van der Waals surface area (Å²) in [5.74, 6) is 1.63. The van der Waals surface area contributed by atoms with Gasteiger partial charge < -0.3 is 28.4 Å². The van der Waals surface area contributed by atoms with E-state index in [2.05, 4.69) is 11.9 Å². The number of methoxy groups -OCH3 is 4. The van der Waals surface area contributed by atoms with E-state index in [1.165, 1.54) is 23.0 Å². The molecular formula is C31H36N2O8S. The fourth-order valence-corrected chi connectivity index (χ4v) is 5.63. The van der Waals surface area contributed by atoms with Gasteiger partial charge in [-0.25, -0.2) is 9.79 Å². The van der Waals surface area contributed by atoms with E-state index in [1.54, 1.807) is 58.6 Å². The van der Waals surface area contributed by atoms with Crippen LogP contribution in [0.15, 0.2) is 57.5 Å². The first-order valence-corrected chi connectivity index (χ1v) is 14.4. The van der Waals surface area contributed by atoms with E-state index in [1.807, 2.05) is 12.1 Å². The van der Waals surface area contributed by atoms with Gasteiger partial charge in [-0.3, -0.25) is 9.36 Å². The van der Waals surface area contributed by atoms with Gasteiger partial charge in [-0.2, -0.15) is 0 Å². The van der Waals surface area contributed by atoms with Crippen LogP contribution in [0, 0.1) is 0 Å². The first-order chi connectivity index (χ1) is 20.4. The highest BCUT2D eigenvalue weighted by Crippen LogP contribution is 2.36. The lowest BCUT2D eigenvalue weighted by molar-refractivity contribution is -0.140. The lowest BCUT2D eigenvalue weighted by Crippen LogP contribution is -2.40.